The van der Waals surface area contributed by atoms with Gasteiger partial charge in [0.15, 0.2) is 0 Å². The van der Waals surface area contributed by atoms with Crippen LogP contribution in [-0.4, -0.2) is 63.4 Å². The standard InChI is InChI=1S/C22H29NO.C10H21NO/c1-21(2)15-20(16-22(3,4)23(21)5)24-19-13-11-18(12-14-19)17-9-7-6-8-10-17;1-9(2)6-8(12)7-10(3,4)11(9)5/h6-14,20H,15-16H2,1-5H3;8,12H,6-7H2,1-5H3. The number of nitrogens with zero attached hydrogens (tertiary/aromatic N) is 2. The van der Waals surface area contributed by atoms with Crippen molar-refractivity contribution in [2.45, 2.75) is 115 Å². The van der Waals surface area contributed by atoms with Crippen LogP contribution in [0.4, 0.5) is 0 Å². The number of aliphatic hydroxyl groups is 1. The van der Waals surface area contributed by atoms with E-state index in [1.54, 1.807) is 0 Å². The van der Waals surface area contributed by atoms with Crippen molar-refractivity contribution in [3.05, 3.63) is 54.6 Å². The molecule has 1 N–H and O–H groups in total. The van der Waals surface area contributed by atoms with Crippen molar-refractivity contribution in [1.82, 2.24) is 9.80 Å². The van der Waals surface area contributed by atoms with Gasteiger partial charge in [-0.25, -0.2) is 0 Å². The van der Waals surface area contributed by atoms with Gasteiger partial charge in [0.1, 0.15) is 11.9 Å². The van der Waals surface area contributed by atoms with Crippen molar-refractivity contribution in [2.24, 2.45) is 0 Å². The zero-order chi connectivity index (χ0) is 26.9. The van der Waals surface area contributed by atoms with Gasteiger partial charge in [-0.2, -0.15) is 0 Å². The van der Waals surface area contributed by atoms with E-state index in [0.29, 0.717) is 0 Å². The van der Waals surface area contributed by atoms with Crippen molar-refractivity contribution < 1.29 is 9.84 Å². The van der Waals surface area contributed by atoms with E-state index in [4.69, 9.17) is 4.74 Å². The summed E-state index contributed by atoms with van der Waals surface area (Å²) in [5, 5.41) is 9.67. The Kier molecular flexibility index (Phi) is 8.35. The van der Waals surface area contributed by atoms with E-state index in [1.807, 2.05) is 6.07 Å². The largest absolute Gasteiger partial charge is 0.490 e. The summed E-state index contributed by atoms with van der Waals surface area (Å²) in [5.74, 6) is 0.968. The van der Waals surface area contributed by atoms with Crippen molar-refractivity contribution in [1.29, 1.82) is 0 Å². The van der Waals surface area contributed by atoms with Crippen LogP contribution < -0.4 is 4.74 Å². The predicted octanol–water partition coefficient (Wildman–Crippen LogP) is 7.01. The third-order valence-electron chi connectivity index (χ3n) is 8.82. The molecular weight excluding hydrogens is 444 g/mol. The summed E-state index contributed by atoms with van der Waals surface area (Å²) in [6.45, 7) is 18.0. The first-order chi connectivity index (χ1) is 16.5. The molecule has 2 aliphatic heterocycles. The zero-order valence-corrected chi connectivity index (χ0v) is 24.4. The van der Waals surface area contributed by atoms with Crippen LogP contribution in [0.1, 0.15) is 81.1 Å². The molecule has 0 bridgehead atoms. The van der Waals surface area contributed by atoms with Crippen LogP contribution in [0.2, 0.25) is 0 Å². The number of aliphatic hydroxyl groups excluding tert-OH is 1. The Labute approximate surface area is 220 Å². The fourth-order valence-corrected chi connectivity index (χ4v) is 6.23. The Bertz CT molecular complexity index is 943. The molecular formula is C32H50N2O2. The number of benzene rings is 2. The molecule has 2 heterocycles. The third-order valence-corrected chi connectivity index (χ3v) is 8.82. The minimum Gasteiger partial charge on any atom is -0.490 e. The SMILES string of the molecule is CN1C(C)(C)CC(O)CC1(C)C.CN1C(C)(C)CC(Oc2ccc(-c3ccccc3)cc2)CC1(C)C. The van der Waals surface area contributed by atoms with E-state index in [9.17, 15) is 5.11 Å². The van der Waals surface area contributed by atoms with Crippen molar-refractivity contribution in [3.63, 3.8) is 0 Å². The number of piperidine rings is 2. The van der Waals surface area contributed by atoms with Crippen LogP contribution in [0.3, 0.4) is 0 Å². The van der Waals surface area contributed by atoms with E-state index in [-0.39, 0.29) is 34.4 Å². The minimum atomic E-state index is -0.133. The highest BCUT2D eigenvalue weighted by atomic mass is 16.5. The highest BCUT2D eigenvalue weighted by Crippen LogP contribution is 2.39. The van der Waals surface area contributed by atoms with Gasteiger partial charge in [-0.05, 0) is 106 Å². The molecule has 0 amide bonds. The lowest BCUT2D eigenvalue weighted by Gasteiger charge is -2.53. The monoisotopic (exact) mass is 494 g/mol. The Morgan fingerprint density at radius 1 is 0.611 bits per heavy atom. The molecule has 2 aromatic carbocycles. The van der Waals surface area contributed by atoms with Gasteiger partial charge < -0.3 is 9.84 Å². The van der Waals surface area contributed by atoms with Gasteiger partial charge >= 0.3 is 0 Å². The van der Waals surface area contributed by atoms with Gasteiger partial charge in [0.25, 0.3) is 0 Å². The van der Waals surface area contributed by atoms with Gasteiger partial charge in [0.05, 0.1) is 6.10 Å². The number of hydrogen-bond acceptors (Lipinski definition) is 4. The van der Waals surface area contributed by atoms with Crippen molar-refractivity contribution in [2.75, 3.05) is 14.1 Å². The normalized spacial score (nSPS) is 24.0. The molecule has 200 valence electrons. The average Bonchev–Trinajstić information content (AvgIpc) is 2.76. The molecule has 2 fully saturated rings. The lowest BCUT2D eigenvalue weighted by atomic mass is 9.79. The topological polar surface area (TPSA) is 35.9 Å². The first-order valence-electron chi connectivity index (χ1n) is 13.5. The summed E-state index contributed by atoms with van der Waals surface area (Å²) in [5.41, 5.74) is 3.02. The number of likely N-dealkylation sites (tertiary alicyclic amines) is 2. The second-order valence-corrected chi connectivity index (χ2v) is 13.5. The molecule has 2 aliphatic rings. The Hall–Kier alpha value is -1.88. The molecule has 0 spiro atoms. The lowest BCUT2D eigenvalue weighted by Crippen LogP contribution is -2.60. The summed E-state index contributed by atoms with van der Waals surface area (Å²) < 4.78 is 6.34. The average molecular weight is 495 g/mol. The Balaban J connectivity index is 0.000000253. The van der Waals surface area contributed by atoms with Crippen molar-refractivity contribution >= 4 is 0 Å². The number of rotatable bonds is 3. The highest BCUT2D eigenvalue weighted by Gasteiger charge is 2.44. The summed E-state index contributed by atoms with van der Waals surface area (Å²) in [7, 11) is 4.37. The fourth-order valence-electron chi connectivity index (χ4n) is 6.23. The third kappa shape index (κ3) is 6.70. The molecule has 0 aromatic heterocycles. The molecule has 0 atom stereocenters. The van der Waals surface area contributed by atoms with E-state index in [2.05, 4.69) is 128 Å². The smallest absolute Gasteiger partial charge is 0.119 e. The Morgan fingerprint density at radius 2 is 1.00 bits per heavy atom. The molecule has 0 saturated carbocycles. The second kappa shape index (κ2) is 10.5. The predicted molar refractivity (Wildman–Crippen MR) is 153 cm³/mol. The van der Waals surface area contributed by atoms with Crippen LogP contribution in [0.15, 0.2) is 54.6 Å². The second-order valence-electron chi connectivity index (χ2n) is 13.5. The molecule has 0 aliphatic carbocycles. The summed E-state index contributed by atoms with van der Waals surface area (Å²) in [4.78, 5) is 4.85. The molecule has 2 saturated heterocycles. The van der Waals surface area contributed by atoms with Gasteiger partial charge in [0, 0.05) is 35.0 Å². The van der Waals surface area contributed by atoms with Crippen molar-refractivity contribution in [3.8, 4) is 16.9 Å². The summed E-state index contributed by atoms with van der Waals surface area (Å²) >= 11 is 0. The van der Waals surface area contributed by atoms with Crippen LogP contribution in [-0.2, 0) is 0 Å². The molecule has 2 aromatic rings. The van der Waals surface area contributed by atoms with Gasteiger partial charge in [-0.15, -0.1) is 0 Å². The highest BCUT2D eigenvalue weighted by molar-refractivity contribution is 5.63. The van der Waals surface area contributed by atoms with Gasteiger partial charge in [-0.3, -0.25) is 9.80 Å². The Morgan fingerprint density at radius 3 is 1.44 bits per heavy atom. The molecule has 4 heteroatoms. The van der Waals surface area contributed by atoms with Crippen LogP contribution >= 0.6 is 0 Å². The maximum atomic E-state index is 9.67. The first kappa shape index (κ1) is 28.7. The minimum absolute atomic E-state index is 0.126. The molecule has 4 rings (SSSR count). The quantitative estimate of drug-likeness (QED) is 0.498. The van der Waals surface area contributed by atoms with E-state index < -0.39 is 0 Å². The molecule has 4 nitrogen and oxygen atoms in total. The summed E-state index contributed by atoms with van der Waals surface area (Å²) in [6, 6.07) is 19.0. The maximum absolute atomic E-state index is 9.67. The number of hydrogen-bond donors (Lipinski definition) is 1. The van der Waals surface area contributed by atoms with E-state index in [1.165, 1.54) is 11.1 Å². The lowest BCUT2D eigenvalue weighted by molar-refractivity contribution is -0.0641. The van der Waals surface area contributed by atoms with Gasteiger partial charge in [0.2, 0.25) is 0 Å². The fraction of sp³-hybridized carbons (Fsp3) is 0.625. The number of ether oxygens (including phenoxy) is 1. The maximum Gasteiger partial charge on any atom is 0.119 e. The van der Waals surface area contributed by atoms with E-state index in [0.717, 1.165) is 31.4 Å². The first-order valence-corrected chi connectivity index (χ1v) is 13.5. The van der Waals surface area contributed by atoms with Crippen LogP contribution in [0.25, 0.3) is 11.1 Å². The van der Waals surface area contributed by atoms with Crippen LogP contribution in [0, 0.1) is 0 Å². The van der Waals surface area contributed by atoms with Gasteiger partial charge in [-0.1, -0.05) is 42.5 Å². The van der Waals surface area contributed by atoms with E-state index >= 15 is 0 Å². The molecule has 0 radical (unpaired) electrons. The zero-order valence-electron chi connectivity index (χ0n) is 24.4. The van der Waals surface area contributed by atoms with Crippen LogP contribution in [0.5, 0.6) is 5.75 Å². The molecule has 0 unspecified atom stereocenters. The summed E-state index contributed by atoms with van der Waals surface area (Å²) in [6.07, 6.45) is 3.99. The molecule has 36 heavy (non-hydrogen) atoms.